The van der Waals surface area contributed by atoms with Crippen molar-refractivity contribution in [3.05, 3.63) is 23.2 Å². The van der Waals surface area contributed by atoms with Crippen molar-refractivity contribution in [2.45, 2.75) is 52.4 Å². The first kappa shape index (κ1) is 16.2. The van der Waals surface area contributed by atoms with Gasteiger partial charge in [-0.25, -0.2) is 0 Å². The van der Waals surface area contributed by atoms with Crippen LogP contribution in [0.4, 0.5) is 0 Å². The minimum absolute atomic E-state index is 0.629. The molecule has 0 atom stereocenters. The Hall–Kier alpha value is -0.890. The van der Waals surface area contributed by atoms with E-state index in [4.69, 9.17) is 21.1 Å². The third kappa shape index (κ3) is 6.72. The van der Waals surface area contributed by atoms with Gasteiger partial charge in [-0.05, 0) is 25.0 Å². The van der Waals surface area contributed by atoms with Crippen molar-refractivity contribution >= 4 is 11.6 Å². The average Bonchev–Trinajstić information content (AvgIpc) is 2.42. The molecule has 0 heterocycles. The summed E-state index contributed by atoms with van der Waals surface area (Å²) in [6.07, 6.45) is 6.95. The highest BCUT2D eigenvalue weighted by molar-refractivity contribution is 6.32. The first-order chi connectivity index (χ1) is 9.27. The van der Waals surface area contributed by atoms with Crippen LogP contribution in [0.25, 0.3) is 0 Å². The van der Waals surface area contributed by atoms with Gasteiger partial charge in [-0.15, -0.1) is 0 Å². The summed E-state index contributed by atoms with van der Waals surface area (Å²) in [4.78, 5) is 0. The Morgan fingerprint density at radius 1 is 0.895 bits per heavy atom. The summed E-state index contributed by atoms with van der Waals surface area (Å²) in [6.45, 7) is 5.84. The Balaban J connectivity index is 2.36. The van der Waals surface area contributed by atoms with Gasteiger partial charge in [-0.2, -0.15) is 0 Å². The van der Waals surface area contributed by atoms with Gasteiger partial charge in [0.1, 0.15) is 11.5 Å². The molecule has 0 N–H and O–H groups in total. The highest BCUT2D eigenvalue weighted by Gasteiger charge is 2.03. The Morgan fingerprint density at radius 2 is 1.53 bits per heavy atom. The molecule has 0 aliphatic carbocycles. The first-order valence-electron chi connectivity index (χ1n) is 7.33. The molecule has 0 bridgehead atoms. The minimum Gasteiger partial charge on any atom is -0.494 e. The van der Waals surface area contributed by atoms with Crippen LogP contribution in [0.1, 0.15) is 52.4 Å². The molecule has 0 aliphatic heterocycles. The maximum Gasteiger partial charge on any atom is 0.138 e. The molecule has 0 unspecified atom stereocenters. The fourth-order valence-corrected chi connectivity index (χ4v) is 1.99. The van der Waals surface area contributed by atoms with Gasteiger partial charge in [0.15, 0.2) is 0 Å². The third-order valence-electron chi connectivity index (χ3n) is 2.93. The van der Waals surface area contributed by atoms with Crippen LogP contribution in [0.2, 0.25) is 5.02 Å². The third-order valence-corrected chi connectivity index (χ3v) is 3.22. The topological polar surface area (TPSA) is 18.5 Å². The van der Waals surface area contributed by atoms with Gasteiger partial charge in [0.05, 0.1) is 18.2 Å². The minimum atomic E-state index is 0.629. The predicted octanol–water partition coefficient (Wildman–Crippen LogP) is 5.48. The number of hydrogen-bond donors (Lipinski definition) is 0. The lowest BCUT2D eigenvalue weighted by Gasteiger charge is -2.10. The second kappa shape index (κ2) is 9.96. The normalized spacial score (nSPS) is 10.5. The molecule has 0 amide bonds. The van der Waals surface area contributed by atoms with Crippen LogP contribution in [-0.4, -0.2) is 13.2 Å². The molecule has 19 heavy (non-hydrogen) atoms. The largest absolute Gasteiger partial charge is 0.494 e. The second-order valence-electron chi connectivity index (χ2n) is 4.70. The van der Waals surface area contributed by atoms with E-state index in [0.717, 1.165) is 37.6 Å². The van der Waals surface area contributed by atoms with E-state index < -0.39 is 0 Å². The van der Waals surface area contributed by atoms with Crippen LogP contribution in [0.15, 0.2) is 18.2 Å². The van der Waals surface area contributed by atoms with E-state index in [-0.39, 0.29) is 0 Å². The van der Waals surface area contributed by atoms with Crippen molar-refractivity contribution < 1.29 is 9.47 Å². The zero-order chi connectivity index (χ0) is 13.9. The summed E-state index contributed by atoms with van der Waals surface area (Å²) in [5, 5.41) is 0.629. The van der Waals surface area contributed by atoms with E-state index in [1.165, 1.54) is 25.7 Å². The average molecular weight is 285 g/mol. The van der Waals surface area contributed by atoms with E-state index in [1.807, 2.05) is 18.2 Å². The van der Waals surface area contributed by atoms with Crippen molar-refractivity contribution in [3.63, 3.8) is 0 Å². The van der Waals surface area contributed by atoms with Crippen molar-refractivity contribution in [1.29, 1.82) is 0 Å². The standard InChI is InChI=1S/C16H25ClO2/c1-3-5-7-11-18-14-9-10-16(15(17)13-14)19-12-8-6-4-2/h9-10,13H,3-8,11-12H2,1-2H3. The van der Waals surface area contributed by atoms with Gasteiger partial charge in [0.25, 0.3) is 0 Å². The smallest absolute Gasteiger partial charge is 0.138 e. The number of benzene rings is 1. The maximum atomic E-state index is 6.18. The lowest BCUT2D eigenvalue weighted by Crippen LogP contribution is -1.99. The molecular formula is C16H25ClO2. The predicted molar refractivity (Wildman–Crippen MR) is 81.5 cm³/mol. The molecule has 1 aromatic carbocycles. The van der Waals surface area contributed by atoms with Gasteiger partial charge < -0.3 is 9.47 Å². The molecule has 0 fully saturated rings. The summed E-state index contributed by atoms with van der Waals surface area (Å²) >= 11 is 6.18. The van der Waals surface area contributed by atoms with E-state index in [9.17, 15) is 0 Å². The summed E-state index contributed by atoms with van der Waals surface area (Å²) in [5.41, 5.74) is 0. The molecule has 0 aliphatic rings. The van der Waals surface area contributed by atoms with Crippen molar-refractivity contribution in [2.24, 2.45) is 0 Å². The highest BCUT2D eigenvalue weighted by Crippen LogP contribution is 2.29. The number of ether oxygens (including phenoxy) is 2. The van der Waals surface area contributed by atoms with Crippen LogP contribution in [0.3, 0.4) is 0 Å². The zero-order valence-corrected chi connectivity index (χ0v) is 12.8. The van der Waals surface area contributed by atoms with Crippen molar-refractivity contribution in [2.75, 3.05) is 13.2 Å². The van der Waals surface area contributed by atoms with Crippen LogP contribution in [0.5, 0.6) is 11.5 Å². The Labute approximate surface area is 122 Å². The number of rotatable bonds is 10. The fourth-order valence-electron chi connectivity index (χ4n) is 1.76. The number of halogens is 1. The molecule has 2 nitrogen and oxygen atoms in total. The van der Waals surface area contributed by atoms with Gasteiger partial charge in [-0.3, -0.25) is 0 Å². The maximum absolute atomic E-state index is 6.18. The first-order valence-corrected chi connectivity index (χ1v) is 7.70. The SMILES string of the molecule is CCCCCOc1ccc(OCCCCC)c(Cl)c1. The van der Waals surface area contributed by atoms with Crippen LogP contribution in [0, 0.1) is 0 Å². The van der Waals surface area contributed by atoms with Gasteiger partial charge in [0, 0.05) is 6.07 Å². The molecule has 1 rings (SSSR count). The Morgan fingerprint density at radius 3 is 2.11 bits per heavy atom. The monoisotopic (exact) mass is 284 g/mol. The second-order valence-corrected chi connectivity index (χ2v) is 5.11. The fraction of sp³-hybridized carbons (Fsp3) is 0.625. The molecule has 0 saturated heterocycles. The Kier molecular flexibility index (Phi) is 8.48. The van der Waals surface area contributed by atoms with Gasteiger partial charge in [0.2, 0.25) is 0 Å². The van der Waals surface area contributed by atoms with E-state index in [2.05, 4.69) is 13.8 Å². The van der Waals surface area contributed by atoms with Crippen LogP contribution < -0.4 is 9.47 Å². The van der Waals surface area contributed by atoms with E-state index >= 15 is 0 Å². The number of unbranched alkanes of at least 4 members (excludes halogenated alkanes) is 4. The van der Waals surface area contributed by atoms with Crippen molar-refractivity contribution in [3.8, 4) is 11.5 Å². The zero-order valence-electron chi connectivity index (χ0n) is 12.1. The summed E-state index contributed by atoms with van der Waals surface area (Å²) < 4.78 is 11.3. The molecule has 0 spiro atoms. The molecule has 0 radical (unpaired) electrons. The van der Waals surface area contributed by atoms with E-state index in [1.54, 1.807) is 0 Å². The molecular weight excluding hydrogens is 260 g/mol. The molecule has 1 aromatic rings. The quantitative estimate of drug-likeness (QED) is 0.530. The van der Waals surface area contributed by atoms with Gasteiger partial charge >= 0.3 is 0 Å². The Bertz CT molecular complexity index is 353. The van der Waals surface area contributed by atoms with Gasteiger partial charge in [-0.1, -0.05) is 51.1 Å². The number of hydrogen-bond acceptors (Lipinski definition) is 2. The summed E-state index contributed by atoms with van der Waals surface area (Å²) in [6, 6.07) is 5.65. The van der Waals surface area contributed by atoms with Crippen LogP contribution >= 0.6 is 11.6 Å². The van der Waals surface area contributed by atoms with Crippen LogP contribution in [-0.2, 0) is 0 Å². The molecule has 0 aromatic heterocycles. The highest BCUT2D eigenvalue weighted by atomic mass is 35.5. The molecule has 3 heteroatoms. The summed E-state index contributed by atoms with van der Waals surface area (Å²) in [5.74, 6) is 1.57. The lowest BCUT2D eigenvalue weighted by molar-refractivity contribution is 0.298. The lowest BCUT2D eigenvalue weighted by atomic mass is 10.2. The summed E-state index contributed by atoms with van der Waals surface area (Å²) in [7, 11) is 0. The van der Waals surface area contributed by atoms with Crippen molar-refractivity contribution in [1.82, 2.24) is 0 Å². The van der Waals surface area contributed by atoms with E-state index in [0.29, 0.717) is 5.02 Å². The molecule has 0 saturated carbocycles. The molecule has 108 valence electrons.